The number of amides is 1. The highest BCUT2D eigenvalue weighted by Gasteiger charge is 2.33. The first-order valence-corrected chi connectivity index (χ1v) is 9.24. The summed E-state index contributed by atoms with van der Waals surface area (Å²) in [5, 5.41) is 10.7. The summed E-state index contributed by atoms with van der Waals surface area (Å²) < 4.78 is 41.3. The van der Waals surface area contributed by atoms with E-state index in [0.717, 1.165) is 11.1 Å². The van der Waals surface area contributed by atoms with Crippen LogP contribution in [0.3, 0.4) is 0 Å². The second-order valence-corrected chi connectivity index (χ2v) is 6.77. The van der Waals surface area contributed by atoms with Gasteiger partial charge in [0.05, 0.1) is 5.71 Å². The summed E-state index contributed by atoms with van der Waals surface area (Å²) in [6.07, 6.45) is 3.30. The Morgan fingerprint density at radius 3 is 2.76 bits per heavy atom. The molecule has 29 heavy (non-hydrogen) atoms. The average molecular weight is 407 g/mol. The predicted octanol–water partition coefficient (Wildman–Crippen LogP) is 4.90. The van der Waals surface area contributed by atoms with Crippen LogP contribution in [0.15, 0.2) is 64.1 Å². The number of nitrogens with zero attached hydrogens (tertiary/aromatic N) is 1. The van der Waals surface area contributed by atoms with Crippen molar-refractivity contribution in [2.75, 3.05) is 6.54 Å². The summed E-state index contributed by atoms with van der Waals surface area (Å²) in [7, 11) is 0. The third kappa shape index (κ3) is 6.58. The summed E-state index contributed by atoms with van der Waals surface area (Å²) in [5.74, 6) is -0.398. The zero-order valence-corrected chi connectivity index (χ0v) is 16.4. The maximum atomic E-state index is 12.4. The Hall–Kier alpha value is -2.90. The van der Waals surface area contributed by atoms with E-state index in [1.165, 1.54) is 12.3 Å². The van der Waals surface area contributed by atoms with Gasteiger partial charge < -0.3 is 15.5 Å². The number of ether oxygens (including phenoxy) is 1. The number of halogens is 3. The Morgan fingerprint density at radius 1 is 1.41 bits per heavy atom. The van der Waals surface area contributed by atoms with Crippen molar-refractivity contribution in [2.45, 2.75) is 45.9 Å². The maximum Gasteiger partial charge on any atom is 0.572 e. The summed E-state index contributed by atoms with van der Waals surface area (Å²) in [4.78, 5) is 16.2. The van der Waals surface area contributed by atoms with Crippen molar-refractivity contribution < 1.29 is 22.7 Å². The lowest BCUT2D eigenvalue weighted by Crippen LogP contribution is -2.34. The van der Waals surface area contributed by atoms with E-state index in [0.29, 0.717) is 37.0 Å². The van der Waals surface area contributed by atoms with Gasteiger partial charge in [0.25, 0.3) is 5.91 Å². The first-order valence-electron chi connectivity index (χ1n) is 9.24. The molecule has 2 rings (SSSR count). The van der Waals surface area contributed by atoms with E-state index in [4.69, 9.17) is 5.41 Å². The van der Waals surface area contributed by atoms with Crippen LogP contribution in [0.1, 0.15) is 39.5 Å². The minimum Gasteiger partial charge on any atom is -0.410 e. The molecule has 5 nitrogen and oxygen atoms in total. The highest BCUT2D eigenvalue weighted by molar-refractivity contribution is 6.53. The van der Waals surface area contributed by atoms with Crippen molar-refractivity contribution in [3.63, 3.8) is 0 Å². The zero-order chi connectivity index (χ0) is 21.6. The number of rotatable bonds is 7. The van der Waals surface area contributed by atoms with Gasteiger partial charge in [-0.1, -0.05) is 29.9 Å². The molecule has 2 aliphatic rings. The molecule has 0 saturated heterocycles. The summed E-state index contributed by atoms with van der Waals surface area (Å²) in [5.41, 5.74) is 3.08. The van der Waals surface area contributed by atoms with Gasteiger partial charge in [-0.25, -0.2) is 0 Å². The van der Waals surface area contributed by atoms with Gasteiger partial charge in [-0.3, -0.25) is 9.79 Å². The smallest absolute Gasteiger partial charge is 0.410 e. The molecule has 1 aliphatic carbocycles. The van der Waals surface area contributed by atoms with Crippen molar-refractivity contribution in [1.29, 1.82) is 5.41 Å². The normalized spacial score (nSPS) is 18.5. The molecule has 0 unspecified atom stereocenters. The van der Waals surface area contributed by atoms with Gasteiger partial charge in [0.15, 0.2) is 0 Å². The molecule has 1 amide bonds. The van der Waals surface area contributed by atoms with Crippen LogP contribution in [0.25, 0.3) is 0 Å². The van der Waals surface area contributed by atoms with Crippen molar-refractivity contribution >= 4 is 17.3 Å². The molecule has 0 bridgehead atoms. The number of nitrogens with one attached hydrogen (secondary N) is 2. The molecule has 0 aromatic heterocycles. The Labute approximate surface area is 167 Å². The van der Waals surface area contributed by atoms with E-state index < -0.39 is 6.36 Å². The Bertz CT molecular complexity index is 859. The van der Waals surface area contributed by atoms with Gasteiger partial charge in [0.1, 0.15) is 11.5 Å². The van der Waals surface area contributed by atoms with Gasteiger partial charge in [0.2, 0.25) is 0 Å². The number of carbonyl (C=O) groups is 1. The lowest BCUT2D eigenvalue weighted by molar-refractivity contribution is -0.306. The summed E-state index contributed by atoms with van der Waals surface area (Å²) >= 11 is 0. The molecule has 0 saturated carbocycles. The Kier molecular flexibility index (Phi) is 7.36. The molecular weight excluding hydrogens is 383 g/mol. The third-order valence-corrected chi connectivity index (χ3v) is 4.39. The average Bonchev–Trinajstić information content (AvgIpc) is 2.62. The van der Waals surface area contributed by atoms with Crippen LogP contribution in [-0.4, -0.2) is 30.2 Å². The Morgan fingerprint density at radius 2 is 2.14 bits per heavy atom. The van der Waals surface area contributed by atoms with Crippen LogP contribution in [-0.2, 0) is 9.53 Å². The molecule has 8 heteroatoms. The first-order chi connectivity index (χ1) is 13.6. The van der Waals surface area contributed by atoms with E-state index in [2.05, 4.69) is 21.6 Å². The van der Waals surface area contributed by atoms with E-state index in [1.54, 1.807) is 26.0 Å². The molecule has 2 N–H and O–H groups in total. The van der Waals surface area contributed by atoms with Crippen molar-refractivity contribution in [3.8, 4) is 0 Å². The van der Waals surface area contributed by atoms with E-state index in [9.17, 15) is 18.0 Å². The SMILES string of the molecule is C=C(C/C=C1\C(=N)C=CN=C1C(=O)NCC)CC1=CC(C)=C(OC(F)(F)F)CC1. The molecule has 1 heterocycles. The number of hydrogen-bond donors (Lipinski definition) is 2. The third-order valence-electron chi connectivity index (χ3n) is 4.39. The van der Waals surface area contributed by atoms with E-state index in [-0.39, 0.29) is 29.5 Å². The van der Waals surface area contributed by atoms with Crippen LogP contribution < -0.4 is 5.32 Å². The van der Waals surface area contributed by atoms with Gasteiger partial charge >= 0.3 is 6.36 Å². The molecule has 0 radical (unpaired) electrons. The quantitative estimate of drug-likeness (QED) is 0.589. The first kappa shape index (κ1) is 22.4. The van der Waals surface area contributed by atoms with Crippen molar-refractivity contribution in [1.82, 2.24) is 5.32 Å². The minimum absolute atomic E-state index is 0.0563. The number of allylic oxidation sites excluding steroid dienone is 7. The largest absolute Gasteiger partial charge is 0.572 e. The monoisotopic (exact) mass is 407 g/mol. The fourth-order valence-corrected chi connectivity index (χ4v) is 3.09. The molecule has 0 atom stereocenters. The fraction of sp³-hybridized carbons (Fsp3) is 0.381. The van der Waals surface area contributed by atoms with Crippen LogP contribution in [0.4, 0.5) is 13.2 Å². The van der Waals surface area contributed by atoms with Gasteiger partial charge in [-0.2, -0.15) is 0 Å². The molecule has 0 aromatic carbocycles. The highest BCUT2D eigenvalue weighted by atomic mass is 19.4. The van der Waals surface area contributed by atoms with E-state index >= 15 is 0 Å². The molecule has 0 spiro atoms. The second-order valence-electron chi connectivity index (χ2n) is 6.77. The topological polar surface area (TPSA) is 74.5 Å². The fourth-order valence-electron chi connectivity index (χ4n) is 3.09. The van der Waals surface area contributed by atoms with Crippen molar-refractivity contribution in [3.05, 3.63) is 59.1 Å². The van der Waals surface area contributed by atoms with E-state index in [1.807, 2.05) is 0 Å². The number of carbonyl (C=O) groups excluding carboxylic acids is 1. The zero-order valence-electron chi connectivity index (χ0n) is 16.4. The van der Waals surface area contributed by atoms with Gasteiger partial charge in [-0.15, -0.1) is 13.2 Å². The predicted molar refractivity (Wildman–Crippen MR) is 107 cm³/mol. The van der Waals surface area contributed by atoms with Gasteiger partial charge in [-0.05, 0) is 44.8 Å². The Balaban J connectivity index is 2.04. The molecule has 0 fully saturated rings. The lowest BCUT2D eigenvalue weighted by Gasteiger charge is -2.20. The van der Waals surface area contributed by atoms with Crippen LogP contribution >= 0.6 is 0 Å². The highest BCUT2D eigenvalue weighted by Crippen LogP contribution is 2.32. The summed E-state index contributed by atoms with van der Waals surface area (Å²) in [6.45, 7) is 7.87. The standard InChI is InChI=1S/C21H24F3N3O2/c1-4-26-20(28)19-16(17(25)9-10-27-19)7-5-13(2)11-15-6-8-18(14(3)12-15)29-21(22,23)24/h7,9-10,12,25H,2,4-6,8,11H2,1,3H3,(H,26,28)/b16-7+,25-17?. The lowest BCUT2D eigenvalue weighted by atomic mass is 9.92. The second kappa shape index (κ2) is 9.54. The molecular formula is C21H24F3N3O2. The van der Waals surface area contributed by atoms with Crippen LogP contribution in [0.5, 0.6) is 0 Å². The number of alkyl halides is 3. The molecule has 156 valence electrons. The van der Waals surface area contributed by atoms with Crippen LogP contribution in [0, 0.1) is 5.41 Å². The van der Waals surface area contributed by atoms with Crippen LogP contribution in [0.2, 0.25) is 0 Å². The summed E-state index contributed by atoms with van der Waals surface area (Å²) in [6, 6.07) is 0. The number of aliphatic imine (C=N–C) groups is 1. The molecule has 1 aliphatic heterocycles. The maximum absolute atomic E-state index is 12.4. The van der Waals surface area contributed by atoms with Crippen molar-refractivity contribution in [2.24, 2.45) is 4.99 Å². The number of hydrogen-bond acceptors (Lipinski definition) is 4. The van der Waals surface area contributed by atoms with Gasteiger partial charge in [0, 0.05) is 24.7 Å². The minimum atomic E-state index is -4.68. The molecule has 0 aromatic rings.